The van der Waals surface area contributed by atoms with Gasteiger partial charge < -0.3 is 0 Å². The Bertz CT molecular complexity index is 5830. The van der Waals surface area contributed by atoms with Gasteiger partial charge in [0.2, 0.25) is 0 Å². The van der Waals surface area contributed by atoms with Gasteiger partial charge in [0.05, 0.1) is 10.8 Å². The van der Waals surface area contributed by atoms with E-state index in [1.165, 1.54) is 209 Å². The molecule has 0 saturated carbocycles. The second kappa shape index (κ2) is 25.2. The number of fused-ring (bicyclic) bond motifs is 26. The summed E-state index contributed by atoms with van der Waals surface area (Å²) in [5, 5.41) is 16.2. The van der Waals surface area contributed by atoms with Crippen molar-refractivity contribution in [3.05, 3.63) is 416 Å². The SMILES string of the molecule is Cc1c2ccccc2c(C)c2ccccc12.Cc1ccc(C)c2cc3ccccc3cc12.Cc1ccc2c(c1)-c1ccccc1C21c2ccccc2-c2cc(C)ccc21.Cc1ccc2c(c1)C1(c3ccccc3-2)c2ccccc2-c2ccc(C)cc21.Cc1ccc2cc3ccc(C)cc3cc2c1. The number of benzene rings is 17. The molecule has 0 atom stereocenters. The van der Waals surface area contributed by atoms with E-state index in [1.807, 2.05) is 0 Å². The quantitative estimate of drug-likeness (QED) is 0.133. The molecule has 21 rings (SSSR count). The second-order valence-corrected chi connectivity index (χ2v) is 29.2. The molecular weight excluding hydrogens is 1230 g/mol. The molecule has 0 N–H and O–H groups in total. The van der Waals surface area contributed by atoms with Gasteiger partial charge in [0, 0.05) is 0 Å². The molecular formula is C102H82. The standard InChI is InChI=1S/2C27H20.3C16H14/c1-17-11-13-25-21(15-17)19-7-3-5-9-23(19)27(25)24-10-6-4-8-20(24)22-16-18(2)12-14-26(22)27;1-17-11-13-21-19-7-3-5-9-23(19)27(25(21)15-17)24-10-6-4-8-20(24)22-14-12-18(2)16-26(22)27;1-11-3-5-13-9-14-6-4-12(2)8-16(14)10-15(13)7-11;1-11-13-7-3-5-9-15(13)12(2)16-10-6-4-8-14(11)16;1-11-7-8-12(2)16-10-14-6-4-3-5-13(14)9-15(11)16/h2*3-16H,1-2H3;3*3-10H,1-2H3. The zero-order chi connectivity index (χ0) is 69.7. The summed E-state index contributed by atoms with van der Waals surface area (Å²) < 4.78 is 0. The molecule has 17 aromatic rings. The highest BCUT2D eigenvalue weighted by molar-refractivity contribution is 6.06. The Balaban J connectivity index is 0.0000000971. The Kier molecular flexibility index (Phi) is 15.7. The van der Waals surface area contributed by atoms with Gasteiger partial charge in [-0.15, -0.1) is 0 Å². The van der Waals surface area contributed by atoms with Crippen LogP contribution in [0.3, 0.4) is 0 Å². The van der Waals surface area contributed by atoms with Crippen molar-refractivity contribution in [1.29, 1.82) is 0 Å². The van der Waals surface area contributed by atoms with E-state index in [2.05, 4.69) is 385 Å². The first-order valence-electron chi connectivity index (χ1n) is 36.2. The van der Waals surface area contributed by atoms with Gasteiger partial charge in [-0.1, -0.05) is 325 Å². The van der Waals surface area contributed by atoms with Gasteiger partial charge in [0.15, 0.2) is 0 Å². The van der Waals surface area contributed by atoms with Crippen molar-refractivity contribution >= 4 is 64.6 Å². The van der Waals surface area contributed by atoms with Crippen LogP contribution in [0.5, 0.6) is 0 Å². The van der Waals surface area contributed by atoms with Crippen LogP contribution in [0.15, 0.2) is 315 Å². The molecule has 0 heterocycles. The third-order valence-corrected chi connectivity index (χ3v) is 22.7. The number of rotatable bonds is 0. The van der Waals surface area contributed by atoms with Crippen LogP contribution in [-0.2, 0) is 10.8 Å². The molecule has 0 bridgehead atoms. The average molecular weight is 1310 g/mol. The Hall–Kier alpha value is -11.7. The lowest BCUT2D eigenvalue weighted by Crippen LogP contribution is -2.26. The maximum Gasteiger partial charge on any atom is 0.0725 e. The first kappa shape index (κ1) is 63.7. The predicted octanol–water partition coefficient (Wildman–Crippen LogP) is 27.1. The number of hydrogen-bond acceptors (Lipinski definition) is 0. The maximum absolute atomic E-state index is 2.41. The molecule has 0 aromatic heterocycles. The zero-order valence-electron chi connectivity index (χ0n) is 60.0. The Morgan fingerprint density at radius 3 is 0.814 bits per heavy atom. The zero-order valence-corrected chi connectivity index (χ0v) is 60.0. The van der Waals surface area contributed by atoms with E-state index < -0.39 is 0 Å². The summed E-state index contributed by atoms with van der Waals surface area (Å²) in [6.07, 6.45) is 0. The minimum Gasteiger partial charge on any atom is -0.0619 e. The van der Waals surface area contributed by atoms with Gasteiger partial charge in [0.1, 0.15) is 0 Å². The second-order valence-electron chi connectivity index (χ2n) is 29.2. The number of aryl methyl sites for hydroxylation is 10. The van der Waals surface area contributed by atoms with Crippen LogP contribution in [0, 0.1) is 69.2 Å². The highest BCUT2D eigenvalue weighted by Gasteiger charge is 2.53. The molecule has 0 unspecified atom stereocenters. The summed E-state index contributed by atoms with van der Waals surface area (Å²) in [5.74, 6) is 0. The molecule has 490 valence electrons. The molecule has 0 radical (unpaired) electrons. The van der Waals surface area contributed by atoms with Crippen LogP contribution in [0.4, 0.5) is 0 Å². The highest BCUT2D eigenvalue weighted by Crippen LogP contribution is 2.64. The summed E-state index contributed by atoms with van der Waals surface area (Å²) in [6, 6.07) is 116. The molecule has 0 amide bonds. The monoisotopic (exact) mass is 1310 g/mol. The number of hydrogen-bond donors (Lipinski definition) is 0. The molecule has 4 aliphatic rings. The van der Waals surface area contributed by atoms with E-state index in [9.17, 15) is 0 Å². The molecule has 0 aliphatic heterocycles. The lowest BCUT2D eigenvalue weighted by molar-refractivity contribution is 0.791. The van der Waals surface area contributed by atoms with E-state index in [-0.39, 0.29) is 10.8 Å². The molecule has 0 nitrogen and oxygen atoms in total. The van der Waals surface area contributed by atoms with Crippen LogP contribution < -0.4 is 0 Å². The Morgan fingerprint density at radius 1 is 0.157 bits per heavy atom. The third kappa shape index (κ3) is 10.2. The van der Waals surface area contributed by atoms with Crippen molar-refractivity contribution in [1.82, 2.24) is 0 Å². The van der Waals surface area contributed by atoms with Gasteiger partial charge in [-0.25, -0.2) is 0 Å². The van der Waals surface area contributed by atoms with Crippen molar-refractivity contribution < 1.29 is 0 Å². The van der Waals surface area contributed by atoms with E-state index in [1.54, 1.807) is 0 Å². The third-order valence-electron chi connectivity index (χ3n) is 22.7. The van der Waals surface area contributed by atoms with E-state index in [4.69, 9.17) is 0 Å². The lowest BCUT2D eigenvalue weighted by Gasteiger charge is -2.30. The summed E-state index contributed by atoms with van der Waals surface area (Å²) in [5.41, 5.74) is 35.4. The summed E-state index contributed by atoms with van der Waals surface area (Å²) >= 11 is 0. The van der Waals surface area contributed by atoms with E-state index in [0.29, 0.717) is 0 Å². The fourth-order valence-corrected chi connectivity index (χ4v) is 17.9. The summed E-state index contributed by atoms with van der Waals surface area (Å²) in [7, 11) is 0. The summed E-state index contributed by atoms with van der Waals surface area (Å²) in [6.45, 7) is 21.8. The fourth-order valence-electron chi connectivity index (χ4n) is 17.9. The average Bonchev–Trinajstić information content (AvgIpc) is 1.52. The van der Waals surface area contributed by atoms with Gasteiger partial charge in [-0.2, -0.15) is 0 Å². The van der Waals surface area contributed by atoms with Crippen molar-refractivity contribution in [2.45, 2.75) is 80.1 Å². The van der Waals surface area contributed by atoms with Crippen LogP contribution in [0.1, 0.15) is 100 Å². The fraction of sp³-hybridized carbons (Fsp3) is 0.118. The molecule has 0 heteroatoms. The topological polar surface area (TPSA) is 0 Å². The maximum atomic E-state index is 2.41. The molecule has 0 fully saturated rings. The van der Waals surface area contributed by atoms with Crippen LogP contribution in [-0.4, -0.2) is 0 Å². The van der Waals surface area contributed by atoms with Crippen LogP contribution in [0.2, 0.25) is 0 Å². The van der Waals surface area contributed by atoms with Crippen LogP contribution >= 0.6 is 0 Å². The molecule has 4 aliphatic carbocycles. The van der Waals surface area contributed by atoms with E-state index in [0.717, 1.165) is 0 Å². The van der Waals surface area contributed by atoms with Crippen molar-refractivity contribution in [2.75, 3.05) is 0 Å². The highest BCUT2D eigenvalue weighted by atomic mass is 14.5. The van der Waals surface area contributed by atoms with Gasteiger partial charge >= 0.3 is 0 Å². The largest absolute Gasteiger partial charge is 0.0725 e. The first-order valence-corrected chi connectivity index (χ1v) is 36.2. The molecule has 17 aromatic carbocycles. The van der Waals surface area contributed by atoms with Crippen molar-refractivity contribution in [2.24, 2.45) is 0 Å². The lowest BCUT2D eigenvalue weighted by atomic mass is 9.70. The smallest absolute Gasteiger partial charge is 0.0619 e. The normalized spacial score (nSPS) is 13.0. The van der Waals surface area contributed by atoms with Gasteiger partial charge in [-0.3, -0.25) is 0 Å². The van der Waals surface area contributed by atoms with Gasteiger partial charge in [-0.05, 0) is 269 Å². The van der Waals surface area contributed by atoms with E-state index >= 15 is 0 Å². The molecule has 102 heavy (non-hydrogen) atoms. The summed E-state index contributed by atoms with van der Waals surface area (Å²) in [4.78, 5) is 0. The molecule has 0 saturated heterocycles. The Labute approximate surface area is 600 Å². The van der Waals surface area contributed by atoms with Crippen molar-refractivity contribution in [3.63, 3.8) is 0 Å². The predicted molar refractivity (Wildman–Crippen MR) is 437 cm³/mol. The first-order chi connectivity index (χ1) is 49.7. The van der Waals surface area contributed by atoms with Crippen LogP contribution in [0.25, 0.3) is 109 Å². The molecule has 2 spiro atoms. The van der Waals surface area contributed by atoms with Gasteiger partial charge in [0.25, 0.3) is 0 Å². The van der Waals surface area contributed by atoms with Crippen molar-refractivity contribution in [3.8, 4) is 44.5 Å². The minimum absolute atomic E-state index is 0.195. The minimum atomic E-state index is -0.199. The Morgan fingerprint density at radius 2 is 0.422 bits per heavy atom.